The van der Waals surface area contributed by atoms with Crippen LogP contribution in [-0.2, 0) is 17.5 Å². The number of alkyl halides is 3. The molecular weight excluding hydrogens is 481 g/mol. The number of halogens is 3. The molecular formula is C23H17F3N6O2S. The summed E-state index contributed by atoms with van der Waals surface area (Å²) >= 11 is 1.07. The summed E-state index contributed by atoms with van der Waals surface area (Å²) in [6.45, 7) is 1.51. The van der Waals surface area contributed by atoms with Gasteiger partial charge in [0, 0.05) is 17.0 Å². The molecule has 0 aliphatic rings. The number of aromatic amines is 1. The van der Waals surface area contributed by atoms with Gasteiger partial charge in [-0.2, -0.15) is 18.4 Å². The highest BCUT2D eigenvalue weighted by Gasteiger charge is 2.39. The standard InChI is InChI=1S/C23H17F3N6O2S/c1-12-17-18(19(35-12)21(33)34-2)32(22(27-17)23(24,25)26)11-13-7-9-14(10-8-13)15-5-3-4-6-16(15)20-28-30-31-29-20/h3-10H,11H2,1-2H3,(H,28,29,30,31). The molecule has 0 aliphatic carbocycles. The van der Waals surface area contributed by atoms with Crippen molar-refractivity contribution in [2.24, 2.45) is 0 Å². The number of imidazole rings is 1. The zero-order valence-corrected chi connectivity index (χ0v) is 19.2. The zero-order chi connectivity index (χ0) is 24.7. The number of nitrogens with one attached hydrogen (secondary N) is 1. The van der Waals surface area contributed by atoms with E-state index < -0.39 is 18.0 Å². The van der Waals surface area contributed by atoms with Gasteiger partial charge in [-0.1, -0.05) is 48.5 Å². The van der Waals surface area contributed by atoms with Gasteiger partial charge in [0.2, 0.25) is 11.6 Å². The Morgan fingerprint density at radius 2 is 1.83 bits per heavy atom. The van der Waals surface area contributed by atoms with Crippen molar-refractivity contribution < 1.29 is 22.7 Å². The quantitative estimate of drug-likeness (QED) is 0.338. The summed E-state index contributed by atoms with van der Waals surface area (Å²) in [7, 11) is 1.19. The molecule has 0 amide bonds. The summed E-state index contributed by atoms with van der Waals surface area (Å²) in [6, 6.07) is 14.6. The Labute approximate surface area is 200 Å². The van der Waals surface area contributed by atoms with Crippen LogP contribution in [0.5, 0.6) is 0 Å². The monoisotopic (exact) mass is 498 g/mol. The van der Waals surface area contributed by atoms with E-state index in [-0.39, 0.29) is 22.5 Å². The third kappa shape index (κ3) is 4.05. The van der Waals surface area contributed by atoms with Crippen molar-refractivity contribution in [1.82, 2.24) is 30.2 Å². The normalized spacial score (nSPS) is 11.8. The van der Waals surface area contributed by atoms with Gasteiger partial charge in [0.1, 0.15) is 10.4 Å². The van der Waals surface area contributed by atoms with Crippen LogP contribution in [0, 0.1) is 6.92 Å². The van der Waals surface area contributed by atoms with Crippen molar-refractivity contribution in [3.05, 3.63) is 69.7 Å². The number of aromatic nitrogens is 6. The lowest BCUT2D eigenvalue weighted by atomic mass is 9.98. The van der Waals surface area contributed by atoms with Crippen molar-refractivity contribution in [2.75, 3.05) is 7.11 Å². The molecule has 3 aromatic heterocycles. The molecule has 5 aromatic rings. The van der Waals surface area contributed by atoms with E-state index in [1.54, 1.807) is 19.1 Å². The average molecular weight is 498 g/mol. The van der Waals surface area contributed by atoms with Crippen LogP contribution < -0.4 is 0 Å². The first kappa shape index (κ1) is 22.7. The number of esters is 1. The van der Waals surface area contributed by atoms with Gasteiger partial charge in [0.25, 0.3) is 0 Å². The number of methoxy groups -OCH3 is 1. The van der Waals surface area contributed by atoms with Crippen LogP contribution in [0.2, 0.25) is 0 Å². The summed E-state index contributed by atoms with van der Waals surface area (Å²) in [5.41, 5.74) is 3.33. The van der Waals surface area contributed by atoms with Gasteiger partial charge in [-0.15, -0.1) is 21.5 Å². The Morgan fingerprint density at radius 1 is 1.11 bits per heavy atom. The minimum atomic E-state index is -4.69. The fourth-order valence-corrected chi connectivity index (χ4v) is 4.97. The molecule has 35 heavy (non-hydrogen) atoms. The number of ether oxygens (including phenoxy) is 1. The lowest BCUT2D eigenvalue weighted by Gasteiger charge is -2.13. The molecule has 2 aromatic carbocycles. The molecule has 3 heterocycles. The van der Waals surface area contributed by atoms with E-state index in [0.717, 1.165) is 32.6 Å². The number of carbonyl (C=O) groups is 1. The Morgan fingerprint density at radius 3 is 2.46 bits per heavy atom. The predicted molar refractivity (Wildman–Crippen MR) is 123 cm³/mol. The molecule has 1 N–H and O–H groups in total. The van der Waals surface area contributed by atoms with Gasteiger partial charge >= 0.3 is 12.1 Å². The van der Waals surface area contributed by atoms with Crippen LogP contribution in [0.4, 0.5) is 13.2 Å². The highest BCUT2D eigenvalue weighted by Crippen LogP contribution is 2.38. The molecule has 12 heteroatoms. The maximum Gasteiger partial charge on any atom is 0.449 e. The summed E-state index contributed by atoms with van der Waals surface area (Å²) in [6.07, 6.45) is -4.69. The highest BCUT2D eigenvalue weighted by molar-refractivity contribution is 7.15. The van der Waals surface area contributed by atoms with Crippen LogP contribution >= 0.6 is 11.3 Å². The van der Waals surface area contributed by atoms with Gasteiger partial charge in [-0.05, 0) is 28.8 Å². The van der Waals surface area contributed by atoms with Crippen LogP contribution in [0.3, 0.4) is 0 Å². The smallest absolute Gasteiger partial charge is 0.449 e. The number of H-pyrrole nitrogens is 1. The Balaban J connectivity index is 1.56. The fourth-order valence-electron chi connectivity index (χ4n) is 3.96. The second kappa shape index (κ2) is 8.62. The predicted octanol–water partition coefficient (Wildman–Crippen LogP) is 5.11. The van der Waals surface area contributed by atoms with Gasteiger partial charge < -0.3 is 9.30 Å². The van der Waals surface area contributed by atoms with E-state index in [0.29, 0.717) is 16.3 Å². The lowest BCUT2D eigenvalue weighted by molar-refractivity contribution is -0.146. The van der Waals surface area contributed by atoms with Gasteiger partial charge in [-0.3, -0.25) is 0 Å². The van der Waals surface area contributed by atoms with Crippen LogP contribution in [0.1, 0.15) is 25.9 Å². The lowest BCUT2D eigenvalue weighted by Crippen LogP contribution is -2.16. The number of hydrogen-bond acceptors (Lipinski definition) is 7. The molecule has 178 valence electrons. The van der Waals surface area contributed by atoms with Crippen LogP contribution in [0.15, 0.2) is 48.5 Å². The summed E-state index contributed by atoms with van der Waals surface area (Å²) in [5, 5.41) is 14.1. The first-order valence-electron chi connectivity index (χ1n) is 10.3. The van der Waals surface area contributed by atoms with E-state index in [9.17, 15) is 18.0 Å². The van der Waals surface area contributed by atoms with E-state index >= 15 is 0 Å². The molecule has 5 rings (SSSR count). The van der Waals surface area contributed by atoms with Crippen molar-refractivity contribution in [3.63, 3.8) is 0 Å². The Hall–Kier alpha value is -4.06. The Kier molecular flexibility index (Phi) is 5.59. The number of tetrazole rings is 1. The van der Waals surface area contributed by atoms with Crippen molar-refractivity contribution in [3.8, 4) is 22.5 Å². The number of nitrogens with zero attached hydrogens (tertiary/aromatic N) is 5. The molecule has 0 saturated heterocycles. The van der Waals surface area contributed by atoms with E-state index in [1.807, 2.05) is 36.4 Å². The molecule has 0 unspecified atom stereocenters. The SMILES string of the molecule is COC(=O)c1sc(C)c2nc(C(F)(F)F)n(Cc3ccc(-c4ccccc4-c4nn[nH]n4)cc3)c12. The molecule has 0 atom stereocenters. The first-order valence-corrected chi connectivity index (χ1v) is 11.2. The molecule has 0 saturated carbocycles. The van der Waals surface area contributed by atoms with E-state index in [1.165, 1.54) is 7.11 Å². The summed E-state index contributed by atoms with van der Waals surface area (Å²) < 4.78 is 47.4. The molecule has 8 nitrogen and oxygen atoms in total. The van der Waals surface area contributed by atoms with E-state index in [4.69, 9.17) is 4.74 Å². The Bertz CT molecular complexity index is 1520. The average Bonchev–Trinajstić information content (AvgIpc) is 3.57. The molecule has 0 radical (unpaired) electrons. The van der Waals surface area contributed by atoms with Crippen molar-refractivity contribution in [1.29, 1.82) is 0 Å². The van der Waals surface area contributed by atoms with Crippen molar-refractivity contribution >= 4 is 28.3 Å². The number of fused-ring (bicyclic) bond motifs is 1. The van der Waals surface area contributed by atoms with Crippen LogP contribution in [0.25, 0.3) is 33.5 Å². The molecule has 0 spiro atoms. The van der Waals surface area contributed by atoms with Gasteiger partial charge in [-0.25, -0.2) is 9.78 Å². The van der Waals surface area contributed by atoms with Gasteiger partial charge in [0.15, 0.2) is 0 Å². The molecule has 0 bridgehead atoms. The topological polar surface area (TPSA) is 98.6 Å². The number of aryl methyl sites for hydroxylation is 1. The maximum absolute atomic E-state index is 13.9. The zero-order valence-electron chi connectivity index (χ0n) is 18.4. The second-order valence-electron chi connectivity index (χ2n) is 7.67. The number of carbonyl (C=O) groups excluding carboxylic acids is 1. The first-order chi connectivity index (χ1) is 16.8. The highest BCUT2D eigenvalue weighted by atomic mass is 32.1. The third-order valence-electron chi connectivity index (χ3n) is 5.51. The largest absolute Gasteiger partial charge is 0.465 e. The summed E-state index contributed by atoms with van der Waals surface area (Å²) in [4.78, 5) is 16.7. The minimum absolute atomic E-state index is 0.0914. The van der Waals surface area contributed by atoms with E-state index in [2.05, 4.69) is 25.6 Å². The summed E-state index contributed by atoms with van der Waals surface area (Å²) in [5.74, 6) is -1.32. The molecule has 0 fully saturated rings. The minimum Gasteiger partial charge on any atom is -0.465 e. The maximum atomic E-state index is 13.9. The number of benzene rings is 2. The fraction of sp³-hybridized carbons (Fsp3) is 0.174. The third-order valence-corrected chi connectivity index (χ3v) is 6.58. The number of rotatable bonds is 5. The van der Waals surface area contributed by atoms with Crippen molar-refractivity contribution in [2.45, 2.75) is 19.6 Å². The van der Waals surface area contributed by atoms with Crippen LogP contribution in [-0.4, -0.2) is 43.3 Å². The number of thiophene rings is 1. The van der Waals surface area contributed by atoms with Gasteiger partial charge in [0.05, 0.1) is 12.6 Å². The second-order valence-corrected chi connectivity index (χ2v) is 8.90. The number of hydrogen-bond donors (Lipinski definition) is 1. The molecule has 0 aliphatic heterocycles.